The minimum absolute atomic E-state index is 0.316. The molecule has 0 bridgehead atoms. The number of carboxylic acids is 1. The number of carbonyl (C=O) groups is 2. The normalized spacial score (nSPS) is 10.9. The summed E-state index contributed by atoms with van der Waals surface area (Å²) in [6, 6.07) is 0. The zero-order valence-electron chi connectivity index (χ0n) is 3.80. The minimum atomic E-state index is -1.29. The molecule has 0 aromatic carbocycles. The number of aliphatic carboxylic acids is 1. The Morgan fingerprint density at radius 2 is 2.12 bits per heavy atom. The summed E-state index contributed by atoms with van der Waals surface area (Å²) in [5.74, 6) is -1.29. The summed E-state index contributed by atoms with van der Waals surface area (Å²) in [6.07, 6.45) is 1.08. The Kier molecular flexibility index (Phi) is 2.88. The van der Waals surface area contributed by atoms with Crippen LogP contribution in [0.25, 0.3) is 0 Å². The SMILES string of the molecule is O=CC=C(Cl)C(=O)O. The van der Waals surface area contributed by atoms with Crippen LogP contribution < -0.4 is 0 Å². The zero-order valence-corrected chi connectivity index (χ0v) is 4.55. The van der Waals surface area contributed by atoms with E-state index in [1.165, 1.54) is 0 Å². The van der Waals surface area contributed by atoms with Crippen molar-refractivity contribution in [3.05, 3.63) is 11.1 Å². The third-order valence-corrected chi connectivity index (χ3v) is 0.706. The van der Waals surface area contributed by atoms with Crippen molar-refractivity contribution in [2.45, 2.75) is 0 Å². The Balaban J connectivity index is 3.99. The summed E-state index contributed by atoms with van der Waals surface area (Å²) in [6.45, 7) is 0. The average molecular weight is 135 g/mol. The second-order valence-corrected chi connectivity index (χ2v) is 1.36. The summed E-state index contributed by atoms with van der Waals surface area (Å²) in [7, 11) is 0. The first kappa shape index (κ1) is 7.17. The van der Waals surface area contributed by atoms with Crippen molar-refractivity contribution in [2.75, 3.05) is 0 Å². The molecule has 4 heteroatoms. The molecule has 0 spiro atoms. The fourth-order valence-electron chi connectivity index (χ4n) is 0.131. The number of rotatable bonds is 2. The Morgan fingerprint density at radius 1 is 1.62 bits per heavy atom. The van der Waals surface area contributed by atoms with Crippen LogP contribution in [0, 0.1) is 0 Å². The van der Waals surface area contributed by atoms with Gasteiger partial charge in [0.05, 0.1) is 0 Å². The van der Waals surface area contributed by atoms with Gasteiger partial charge in [0.25, 0.3) is 0 Å². The molecule has 1 N–H and O–H groups in total. The third-order valence-electron chi connectivity index (χ3n) is 0.419. The zero-order chi connectivity index (χ0) is 6.57. The van der Waals surface area contributed by atoms with Crippen LogP contribution in [0.3, 0.4) is 0 Å². The van der Waals surface area contributed by atoms with Crippen molar-refractivity contribution in [2.24, 2.45) is 0 Å². The Hall–Kier alpha value is -0.830. The molecule has 0 fully saturated rings. The molecular weight excluding hydrogens is 131 g/mol. The van der Waals surface area contributed by atoms with E-state index < -0.39 is 11.0 Å². The number of halogens is 1. The molecule has 3 nitrogen and oxygen atoms in total. The highest BCUT2D eigenvalue weighted by Crippen LogP contribution is 1.97. The van der Waals surface area contributed by atoms with E-state index >= 15 is 0 Å². The number of allylic oxidation sites excluding steroid dienone is 1. The van der Waals surface area contributed by atoms with Gasteiger partial charge in [-0.2, -0.15) is 0 Å². The minimum Gasteiger partial charge on any atom is -0.477 e. The standard InChI is InChI=1S/C4H3ClO3/c5-3(1-2-6)4(7)8/h1-2H,(H,7,8). The molecule has 0 unspecified atom stereocenters. The predicted octanol–water partition coefficient (Wildman–Crippen LogP) is 0.393. The lowest BCUT2D eigenvalue weighted by molar-refractivity contribution is -0.132. The van der Waals surface area contributed by atoms with E-state index in [9.17, 15) is 9.59 Å². The molecule has 0 saturated heterocycles. The van der Waals surface area contributed by atoms with Crippen LogP contribution in [-0.4, -0.2) is 17.4 Å². The molecule has 0 amide bonds. The van der Waals surface area contributed by atoms with E-state index in [2.05, 4.69) is 0 Å². The van der Waals surface area contributed by atoms with Crippen molar-refractivity contribution < 1.29 is 14.7 Å². The van der Waals surface area contributed by atoms with Gasteiger partial charge in [0, 0.05) is 6.08 Å². The maximum atomic E-state index is 9.73. The predicted molar refractivity (Wildman–Crippen MR) is 27.6 cm³/mol. The Morgan fingerprint density at radius 3 is 2.25 bits per heavy atom. The summed E-state index contributed by atoms with van der Waals surface area (Å²) in [5, 5.41) is 7.48. The van der Waals surface area contributed by atoms with Crippen LogP contribution in [0.15, 0.2) is 11.1 Å². The maximum Gasteiger partial charge on any atom is 0.347 e. The molecule has 0 rings (SSSR count). The van der Waals surface area contributed by atoms with Crippen molar-refractivity contribution >= 4 is 23.9 Å². The molecule has 0 saturated carbocycles. The van der Waals surface area contributed by atoms with Crippen LogP contribution in [0.1, 0.15) is 0 Å². The highest BCUT2D eigenvalue weighted by atomic mass is 35.5. The van der Waals surface area contributed by atoms with Gasteiger partial charge < -0.3 is 5.11 Å². The third kappa shape index (κ3) is 2.36. The lowest BCUT2D eigenvalue weighted by Crippen LogP contribution is -1.92. The molecule has 0 aromatic heterocycles. The highest BCUT2D eigenvalue weighted by Gasteiger charge is 1.98. The Labute approximate surface area is 50.6 Å². The molecule has 8 heavy (non-hydrogen) atoms. The van der Waals surface area contributed by atoms with Crippen LogP contribution in [0.2, 0.25) is 0 Å². The van der Waals surface area contributed by atoms with Crippen molar-refractivity contribution in [1.82, 2.24) is 0 Å². The second kappa shape index (κ2) is 3.21. The van der Waals surface area contributed by atoms with Gasteiger partial charge >= 0.3 is 5.97 Å². The van der Waals surface area contributed by atoms with E-state index in [0.29, 0.717) is 6.29 Å². The van der Waals surface area contributed by atoms with E-state index in [0.717, 1.165) is 6.08 Å². The lowest BCUT2D eigenvalue weighted by Gasteiger charge is -1.80. The number of aldehydes is 1. The van der Waals surface area contributed by atoms with Gasteiger partial charge in [-0.15, -0.1) is 0 Å². The summed E-state index contributed by atoms with van der Waals surface area (Å²) >= 11 is 4.95. The van der Waals surface area contributed by atoms with Crippen LogP contribution in [0.4, 0.5) is 0 Å². The van der Waals surface area contributed by atoms with E-state index in [1.807, 2.05) is 0 Å². The molecule has 0 atom stereocenters. The molecule has 0 heterocycles. The van der Waals surface area contributed by atoms with Gasteiger partial charge in [-0.25, -0.2) is 4.79 Å². The summed E-state index contributed by atoms with van der Waals surface area (Å²) in [5.41, 5.74) is 0. The van der Waals surface area contributed by atoms with Crippen LogP contribution in [-0.2, 0) is 9.59 Å². The molecule has 44 valence electrons. The number of hydrogen-bond donors (Lipinski definition) is 1. The number of carbonyl (C=O) groups excluding carboxylic acids is 1. The van der Waals surface area contributed by atoms with Crippen LogP contribution in [0.5, 0.6) is 0 Å². The first-order chi connectivity index (χ1) is 3.68. The van der Waals surface area contributed by atoms with Crippen molar-refractivity contribution in [1.29, 1.82) is 0 Å². The fourth-order valence-corrected chi connectivity index (χ4v) is 0.182. The van der Waals surface area contributed by atoms with Crippen molar-refractivity contribution in [3.8, 4) is 0 Å². The monoisotopic (exact) mass is 134 g/mol. The fraction of sp³-hybridized carbons (Fsp3) is 0. The topological polar surface area (TPSA) is 54.4 Å². The molecule has 0 aliphatic heterocycles. The summed E-state index contributed by atoms with van der Waals surface area (Å²) in [4.78, 5) is 19.2. The number of carboxylic acid groups (broad SMARTS) is 1. The average Bonchev–Trinajstić information content (AvgIpc) is 1.67. The van der Waals surface area contributed by atoms with Gasteiger partial charge in [-0.1, -0.05) is 11.6 Å². The quantitative estimate of drug-likeness (QED) is 0.439. The largest absolute Gasteiger partial charge is 0.477 e. The Bertz CT molecular complexity index is 138. The van der Waals surface area contributed by atoms with Gasteiger partial charge in [-0.05, 0) is 0 Å². The van der Waals surface area contributed by atoms with Crippen molar-refractivity contribution in [3.63, 3.8) is 0 Å². The van der Waals surface area contributed by atoms with Gasteiger partial charge in [0.15, 0.2) is 0 Å². The van der Waals surface area contributed by atoms with Crippen LogP contribution >= 0.6 is 11.6 Å². The second-order valence-electron chi connectivity index (χ2n) is 0.956. The molecule has 0 radical (unpaired) electrons. The smallest absolute Gasteiger partial charge is 0.347 e. The van der Waals surface area contributed by atoms with E-state index in [1.54, 1.807) is 0 Å². The van der Waals surface area contributed by atoms with E-state index in [4.69, 9.17) is 16.7 Å². The molecule has 0 aliphatic carbocycles. The van der Waals surface area contributed by atoms with Gasteiger partial charge in [-0.3, -0.25) is 4.79 Å². The van der Waals surface area contributed by atoms with Gasteiger partial charge in [0.1, 0.15) is 11.3 Å². The summed E-state index contributed by atoms with van der Waals surface area (Å²) < 4.78 is 0. The first-order valence-electron chi connectivity index (χ1n) is 1.72. The highest BCUT2D eigenvalue weighted by molar-refractivity contribution is 6.41. The van der Waals surface area contributed by atoms with E-state index in [-0.39, 0.29) is 0 Å². The maximum absolute atomic E-state index is 9.73. The molecular formula is C4H3ClO3. The van der Waals surface area contributed by atoms with Gasteiger partial charge in [0.2, 0.25) is 0 Å². The first-order valence-corrected chi connectivity index (χ1v) is 2.10. The number of hydrogen-bond acceptors (Lipinski definition) is 2. The molecule has 0 aliphatic rings. The lowest BCUT2D eigenvalue weighted by atomic mass is 10.5. The molecule has 0 aromatic rings.